The van der Waals surface area contributed by atoms with Crippen LogP contribution in [-0.4, -0.2) is 46.8 Å². The molecular weight excluding hydrogens is 298 g/mol. The van der Waals surface area contributed by atoms with Crippen LogP contribution in [0, 0.1) is 0 Å². The fourth-order valence-corrected chi connectivity index (χ4v) is 2.74. The van der Waals surface area contributed by atoms with Crippen molar-refractivity contribution in [3.05, 3.63) is 42.4 Å². The minimum atomic E-state index is -0.0651. The van der Waals surface area contributed by atoms with Crippen molar-refractivity contribution in [1.29, 1.82) is 0 Å². The minimum absolute atomic E-state index is 0.0338. The lowest BCUT2D eigenvalue weighted by Gasteiger charge is -2.17. The molecule has 1 amide bonds. The quantitative estimate of drug-likeness (QED) is 0.855. The molecule has 1 aromatic heterocycles. The number of amides is 1. The van der Waals surface area contributed by atoms with E-state index in [-0.39, 0.29) is 18.8 Å². The maximum atomic E-state index is 12.6. The minimum Gasteiger partial charge on any atom is -0.471 e. The van der Waals surface area contributed by atoms with Crippen LogP contribution in [-0.2, 0) is 0 Å². The van der Waals surface area contributed by atoms with Crippen molar-refractivity contribution in [2.75, 3.05) is 19.9 Å². The maximum Gasteiger partial charge on any atom is 0.254 e. The predicted octanol–water partition coefficient (Wildman–Crippen LogP) is 1.50. The molecule has 0 N–H and O–H groups in total. The number of nitrogens with zero attached hydrogens (tertiary/aromatic N) is 3. The maximum absolute atomic E-state index is 12.6. The fourth-order valence-electron chi connectivity index (χ4n) is 2.74. The number of rotatable bonds is 3. The van der Waals surface area contributed by atoms with Gasteiger partial charge in [0.05, 0.1) is 12.7 Å². The van der Waals surface area contributed by atoms with Crippen LogP contribution >= 0.6 is 0 Å². The Morgan fingerprint density at radius 2 is 2.17 bits per heavy atom. The predicted molar refractivity (Wildman–Crippen MR) is 79.5 cm³/mol. The van der Waals surface area contributed by atoms with E-state index < -0.39 is 0 Å². The molecule has 1 saturated heterocycles. The van der Waals surface area contributed by atoms with Gasteiger partial charge in [0, 0.05) is 30.9 Å². The SMILES string of the molecule is O=C(c1ccc2c(c1)OCO2)N1CC[C@H](Oc2cnccn2)C1. The van der Waals surface area contributed by atoms with Crippen molar-refractivity contribution in [3.8, 4) is 17.4 Å². The molecule has 0 radical (unpaired) electrons. The lowest BCUT2D eigenvalue weighted by molar-refractivity contribution is 0.0770. The molecule has 0 aliphatic carbocycles. The number of hydrogen-bond acceptors (Lipinski definition) is 6. The van der Waals surface area contributed by atoms with Gasteiger partial charge in [-0.25, -0.2) is 4.98 Å². The van der Waals surface area contributed by atoms with Crippen molar-refractivity contribution in [1.82, 2.24) is 14.9 Å². The third kappa shape index (κ3) is 2.77. The van der Waals surface area contributed by atoms with Crippen LogP contribution in [0.3, 0.4) is 0 Å². The molecule has 0 bridgehead atoms. The summed E-state index contributed by atoms with van der Waals surface area (Å²) in [5, 5.41) is 0. The first-order valence-electron chi connectivity index (χ1n) is 7.41. The fraction of sp³-hybridized carbons (Fsp3) is 0.312. The van der Waals surface area contributed by atoms with E-state index in [0.717, 1.165) is 6.42 Å². The largest absolute Gasteiger partial charge is 0.471 e. The molecule has 7 heteroatoms. The molecule has 2 aliphatic rings. The first-order valence-corrected chi connectivity index (χ1v) is 7.41. The highest BCUT2D eigenvalue weighted by Crippen LogP contribution is 2.33. The van der Waals surface area contributed by atoms with Gasteiger partial charge in [0.1, 0.15) is 6.10 Å². The van der Waals surface area contributed by atoms with Crippen LogP contribution in [0.15, 0.2) is 36.8 Å². The first-order chi connectivity index (χ1) is 11.3. The van der Waals surface area contributed by atoms with Gasteiger partial charge < -0.3 is 19.1 Å². The van der Waals surface area contributed by atoms with E-state index in [9.17, 15) is 4.79 Å². The van der Waals surface area contributed by atoms with Gasteiger partial charge in [-0.2, -0.15) is 0 Å². The zero-order valence-corrected chi connectivity index (χ0v) is 12.3. The molecule has 23 heavy (non-hydrogen) atoms. The number of aromatic nitrogens is 2. The lowest BCUT2D eigenvalue weighted by atomic mass is 10.2. The van der Waals surface area contributed by atoms with Gasteiger partial charge in [-0.05, 0) is 18.2 Å². The summed E-state index contributed by atoms with van der Waals surface area (Å²) in [5.74, 6) is 1.73. The van der Waals surface area contributed by atoms with Gasteiger partial charge in [-0.3, -0.25) is 9.78 Å². The third-order valence-electron chi connectivity index (χ3n) is 3.88. The summed E-state index contributed by atoms with van der Waals surface area (Å²) in [5.41, 5.74) is 0.592. The Labute approximate surface area is 132 Å². The van der Waals surface area contributed by atoms with Crippen LogP contribution in [0.25, 0.3) is 0 Å². The Balaban J connectivity index is 1.42. The number of hydrogen-bond donors (Lipinski definition) is 0. The molecule has 7 nitrogen and oxygen atoms in total. The number of carbonyl (C=O) groups excluding carboxylic acids is 1. The summed E-state index contributed by atoms with van der Waals surface area (Å²) < 4.78 is 16.3. The van der Waals surface area contributed by atoms with E-state index in [0.29, 0.717) is 36.0 Å². The number of ether oxygens (including phenoxy) is 3. The van der Waals surface area contributed by atoms with Gasteiger partial charge >= 0.3 is 0 Å². The van der Waals surface area contributed by atoms with Gasteiger partial charge in [0.25, 0.3) is 5.91 Å². The van der Waals surface area contributed by atoms with E-state index in [1.54, 1.807) is 41.7 Å². The molecule has 118 valence electrons. The summed E-state index contributed by atoms with van der Waals surface area (Å²) in [4.78, 5) is 22.4. The molecule has 2 aromatic rings. The number of benzene rings is 1. The average Bonchev–Trinajstić information content (AvgIpc) is 3.23. The van der Waals surface area contributed by atoms with Gasteiger partial charge in [-0.15, -0.1) is 0 Å². The van der Waals surface area contributed by atoms with Crippen molar-refractivity contribution >= 4 is 5.91 Å². The van der Waals surface area contributed by atoms with Gasteiger partial charge in [0.2, 0.25) is 12.7 Å². The lowest BCUT2D eigenvalue weighted by Crippen LogP contribution is -2.31. The number of likely N-dealkylation sites (tertiary alicyclic amines) is 1. The molecule has 0 unspecified atom stereocenters. The van der Waals surface area contributed by atoms with Crippen LogP contribution in [0.1, 0.15) is 16.8 Å². The van der Waals surface area contributed by atoms with Crippen LogP contribution in [0.5, 0.6) is 17.4 Å². The van der Waals surface area contributed by atoms with Crippen molar-refractivity contribution in [3.63, 3.8) is 0 Å². The molecule has 0 spiro atoms. The standard InChI is InChI=1S/C16H15N3O4/c20-16(11-1-2-13-14(7-11)22-10-21-13)19-6-3-12(9-19)23-15-8-17-4-5-18-15/h1-2,4-5,7-8,12H,3,6,9-10H2/t12-/m0/s1. The molecule has 1 fully saturated rings. The van der Waals surface area contributed by atoms with E-state index in [4.69, 9.17) is 14.2 Å². The molecule has 3 heterocycles. The Kier molecular flexibility index (Phi) is 3.45. The van der Waals surface area contributed by atoms with Crippen molar-refractivity contribution in [2.24, 2.45) is 0 Å². The highest BCUT2D eigenvalue weighted by Gasteiger charge is 2.29. The summed E-state index contributed by atoms with van der Waals surface area (Å²) in [6.45, 7) is 1.38. The van der Waals surface area contributed by atoms with Crippen molar-refractivity contribution < 1.29 is 19.0 Å². The van der Waals surface area contributed by atoms with E-state index in [1.807, 2.05) is 0 Å². The second kappa shape index (κ2) is 5.75. The summed E-state index contributed by atoms with van der Waals surface area (Å²) in [6, 6.07) is 5.24. The first kappa shape index (κ1) is 13.8. The van der Waals surface area contributed by atoms with E-state index >= 15 is 0 Å². The summed E-state index contributed by atoms with van der Waals surface area (Å²) >= 11 is 0. The second-order valence-electron chi connectivity index (χ2n) is 5.39. The Hall–Kier alpha value is -2.83. The summed E-state index contributed by atoms with van der Waals surface area (Å²) in [7, 11) is 0. The van der Waals surface area contributed by atoms with E-state index in [1.165, 1.54) is 0 Å². The monoisotopic (exact) mass is 313 g/mol. The molecular formula is C16H15N3O4. The molecule has 2 aliphatic heterocycles. The Morgan fingerprint density at radius 3 is 3.04 bits per heavy atom. The zero-order chi connectivity index (χ0) is 15.6. The third-order valence-corrected chi connectivity index (χ3v) is 3.88. The van der Waals surface area contributed by atoms with Gasteiger partial charge in [0.15, 0.2) is 11.5 Å². The van der Waals surface area contributed by atoms with Crippen molar-refractivity contribution in [2.45, 2.75) is 12.5 Å². The normalized spacial score (nSPS) is 19.0. The topological polar surface area (TPSA) is 73.8 Å². The zero-order valence-electron chi connectivity index (χ0n) is 12.3. The van der Waals surface area contributed by atoms with E-state index in [2.05, 4.69) is 9.97 Å². The second-order valence-corrected chi connectivity index (χ2v) is 5.39. The molecule has 0 saturated carbocycles. The highest BCUT2D eigenvalue weighted by molar-refractivity contribution is 5.95. The number of fused-ring (bicyclic) bond motifs is 1. The number of carbonyl (C=O) groups is 1. The summed E-state index contributed by atoms with van der Waals surface area (Å²) in [6.07, 6.45) is 5.45. The molecule has 1 aromatic carbocycles. The average molecular weight is 313 g/mol. The van der Waals surface area contributed by atoms with Crippen LogP contribution in [0.4, 0.5) is 0 Å². The Bertz CT molecular complexity index is 723. The van der Waals surface area contributed by atoms with Crippen LogP contribution < -0.4 is 14.2 Å². The molecule has 4 rings (SSSR count). The smallest absolute Gasteiger partial charge is 0.254 e. The molecule has 1 atom stereocenters. The Morgan fingerprint density at radius 1 is 1.26 bits per heavy atom. The van der Waals surface area contributed by atoms with Crippen LogP contribution in [0.2, 0.25) is 0 Å². The highest BCUT2D eigenvalue weighted by atomic mass is 16.7. The van der Waals surface area contributed by atoms with Gasteiger partial charge in [-0.1, -0.05) is 0 Å².